The Morgan fingerprint density at radius 1 is 1.50 bits per heavy atom. The van der Waals surface area contributed by atoms with Gasteiger partial charge in [-0.15, -0.1) is 0 Å². The molecule has 0 saturated carbocycles. The van der Waals surface area contributed by atoms with Crippen molar-refractivity contribution < 1.29 is 28.6 Å². The van der Waals surface area contributed by atoms with Crippen LogP contribution in [0.15, 0.2) is 16.5 Å². The number of hydrogen-bond acceptors (Lipinski definition) is 5. The smallest absolute Gasteiger partial charge is 0.374 e. The molecule has 1 aliphatic rings. The second-order valence-corrected chi connectivity index (χ2v) is 3.87. The van der Waals surface area contributed by atoms with Crippen LogP contribution in [0, 0.1) is 5.92 Å². The van der Waals surface area contributed by atoms with Gasteiger partial charge in [-0.2, -0.15) is 0 Å². The van der Waals surface area contributed by atoms with Gasteiger partial charge in [0, 0.05) is 19.0 Å². The predicted molar refractivity (Wildman–Crippen MR) is 58.1 cm³/mol. The van der Waals surface area contributed by atoms with Crippen molar-refractivity contribution in [3.63, 3.8) is 0 Å². The number of carboxylic acid groups (broad SMARTS) is 1. The number of carbonyl (C=O) groups excluding carboxylic acids is 2. The lowest BCUT2D eigenvalue weighted by Crippen LogP contribution is -2.25. The maximum Gasteiger partial charge on any atom is 0.374 e. The molecule has 96 valence electrons. The molecule has 1 atom stereocenters. The number of furan rings is 1. The van der Waals surface area contributed by atoms with Gasteiger partial charge < -0.3 is 14.3 Å². The van der Waals surface area contributed by atoms with Crippen LogP contribution >= 0.6 is 0 Å². The molecule has 1 fully saturated rings. The first kappa shape index (κ1) is 12.2. The van der Waals surface area contributed by atoms with Crippen LogP contribution in [0.2, 0.25) is 0 Å². The Labute approximate surface area is 102 Å². The number of aliphatic carboxylic acids is 1. The summed E-state index contributed by atoms with van der Waals surface area (Å²) in [5.74, 6) is -2.63. The molecule has 1 saturated heterocycles. The Morgan fingerprint density at radius 2 is 2.22 bits per heavy atom. The Morgan fingerprint density at radius 3 is 2.78 bits per heavy atom. The summed E-state index contributed by atoms with van der Waals surface area (Å²) in [6.45, 7) is 0.0439. The molecule has 0 aliphatic carbocycles. The Hall–Kier alpha value is -2.31. The first-order valence-corrected chi connectivity index (χ1v) is 5.24. The molecule has 18 heavy (non-hydrogen) atoms. The summed E-state index contributed by atoms with van der Waals surface area (Å²) >= 11 is 0. The van der Waals surface area contributed by atoms with E-state index in [4.69, 9.17) is 9.52 Å². The molecule has 2 rings (SSSR count). The van der Waals surface area contributed by atoms with Crippen LogP contribution in [0.1, 0.15) is 17.0 Å². The van der Waals surface area contributed by atoms with Gasteiger partial charge in [0.2, 0.25) is 17.6 Å². The highest BCUT2D eigenvalue weighted by atomic mass is 16.5. The Kier molecular flexibility index (Phi) is 3.05. The molecular formula is C11H11NO6. The summed E-state index contributed by atoms with van der Waals surface area (Å²) in [6, 6.07) is 2.82. The van der Waals surface area contributed by atoms with Crippen molar-refractivity contribution in [2.75, 3.05) is 18.6 Å². The number of methoxy groups -OCH3 is 1. The number of amides is 1. The van der Waals surface area contributed by atoms with Gasteiger partial charge in [-0.1, -0.05) is 0 Å². The molecule has 1 aromatic heterocycles. The normalized spacial score (nSPS) is 19.1. The Bertz CT molecular complexity index is 505. The highest BCUT2D eigenvalue weighted by molar-refractivity contribution is 5.98. The van der Waals surface area contributed by atoms with E-state index in [1.165, 1.54) is 24.1 Å². The average Bonchev–Trinajstić information content (AvgIpc) is 2.94. The molecule has 1 amide bonds. The van der Waals surface area contributed by atoms with E-state index in [2.05, 4.69) is 4.74 Å². The molecule has 0 radical (unpaired) electrons. The molecule has 0 spiro atoms. The minimum Gasteiger partial charge on any atom is -0.481 e. The number of carbonyl (C=O) groups is 3. The van der Waals surface area contributed by atoms with Gasteiger partial charge in [0.05, 0.1) is 13.0 Å². The second kappa shape index (κ2) is 4.52. The maximum absolute atomic E-state index is 11.6. The van der Waals surface area contributed by atoms with Crippen molar-refractivity contribution in [2.24, 2.45) is 5.92 Å². The van der Waals surface area contributed by atoms with E-state index in [1.807, 2.05) is 0 Å². The maximum atomic E-state index is 11.6. The molecule has 0 aromatic carbocycles. The summed E-state index contributed by atoms with van der Waals surface area (Å²) < 4.78 is 9.62. The predicted octanol–water partition coefficient (Wildman–Crippen LogP) is 0.504. The topological polar surface area (TPSA) is 97.0 Å². The third-order valence-corrected chi connectivity index (χ3v) is 2.72. The number of hydrogen-bond donors (Lipinski definition) is 1. The third kappa shape index (κ3) is 2.06. The average molecular weight is 253 g/mol. The van der Waals surface area contributed by atoms with Gasteiger partial charge in [-0.3, -0.25) is 14.5 Å². The molecule has 1 aliphatic heterocycles. The first-order chi connectivity index (χ1) is 8.52. The summed E-state index contributed by atoms with van der Waals surface area (Å²) in [5, 5.41) is 8.84. The summed E-state index contributed by atoms with van der Waals surface area (Å²) in [7, 11) is 1.21. The van der Waals surface area contributed by atoms with Crippen molar-refractivity contribution in [3.8, 4) is 0 Å². The second-order valence-electron chi connectivity index (χ2n) is 3.87. The zero-order chi connectivity index (χ0) is 13.3. The van der Waals surface area contributed by atoms with E-state index in [-0.39, 0.29) is 30.5 Å². The fourth-order valence-corrected chi connectivity index (χ4v) is 1.77. The molecule has 1 unspecified atom stereocenters. The monoisotopic (exact) mass is 253 g/mol. The number of carboxylic acids is 1. The third-order valence-electron chi connectivity index (χ3n) is 2.72. The van der Waals surface area contributed by atoms with Gasteiger partial charge in [0.1, 0.15) is 0 Å². The summed E-state index contributed by atoms with van der Waals surface area (Å²) in [5.41, 5.74) is 0. The summed E-state index contributed by atoms with van der Waals surface area (Å²) in [6.07, 6.45) is -0.0659. The summed E-state index contributed by atoms with van der Waals surface area (Å²) in [4.78, 5) is 34.8. The van der Waals surface area contributed by atoms with E-state index in [0.717, 1.165) is 0 Å². The number of rotatable bonds is 3. The van der Waals surface area contributed by atoms with Crippen LogP contribution in [0.3, 0.4) is 0 Å². The van der Waals surface area contributed by atoms with E-state index >= 15 is 0 Å². The van der Waals surface area contributed by atoms with Gasteiger partial charge in [-0.05, 0) is 6.07 Å². The molecule has 2 heterocycles. The zero-order valence-electron chi connectivity index (χ0n) is 9.58. The molecule has 1 aromatic rings. The fourth-order valence-electron chi connectivity index (χ4n) is 1.77. The quantitative estimate of drug-likeness (QED) is 0.788. The Balaban J connectivity index is 2.17. The lowest BCUT2D eigenvalue weighted by atomic mass is 10.1. The lowest BCUT2D eigenvalue weighted by Gasteiger charge is -2.11. The number of anilines is 1. The molecular weight excluding hydrogens is 242 g/mol. The van der Waals surface area contributed by atoms with Crippen molar-refractivity contribution in [1.29, 1.82) is 0 Å². The lowest BCUT2D eigenvalue weighted by molar-refractivity contribution is -0.141. The van der Waals surface area contributed by atoms with E-state index in [9.17, 15) is 14.4 Å². The fraction of sp³-hybridized carbons (Fsp3) is 0.364. The molecule has 7 nitrogen and oxygen atoms in total. The van der Waals surface area contributed by atoms with Gasteiger partial charge in [-0.25, -0.2) is 4.79 Å². The van der Waals surface area contributed by atoms with Gasteiger partial charge >= 0.3 is 11.9 Å². The van der Waals surface area contributed by atoms with Gasteiger partial charge in [0.15, 0.2) is 0 Å². The molecule has 1 N–H and O–H groups in total. The van der Waals surface area contributed by atoms with Crippen molar-refractivity contribution >= 4 is 23.7 Å². The van der Waals surface area contributed by atoms with E-state index in [1.54, 1.807) is 0 Å². The number of nitrogens with zero attached hydrogens (tertiary/aromatic N) is 1. The van der Waals surface area contributed by atoms with Crippen LogP contribution < -0.4 is 4.90 Å². The minimum atomic E-state index is -1.02. The van der Waals surface area contributed by atoms with Crippen molar-refractivity contribution in [2.45, 2.75) is 6.42 Å². The van der Waals surface area contributed by atoms with Crippen LogP contribution in [0.25, 0.3) is 0 Å². The standard InChI is InChI=1S/C11H11NO6/c1-17-11(16)7-2-3-9(18-7)12-5-6(10(14)15)4-8(12)13/h2-3,6H,4-5H2,1H3,(H,14,15). The number of esters is 1. The van der Waals surface area contributed by atoms with Crippen LogP contribution in [-0.4, -0.2) is 36.6 Å². The highest BCUT2D eigenvalue weighted by Gasteiger charge is 2.36. The number of ether oxygens (including phenoxy) is 1. The van der Waals surface area contributed by atoms with Crippen LogP contribution in [-0.2, 0) is 14.3 Å². The largest absolute Gasteiger partial charge is 0.481 e. The van der Waals surface area contributed by atoms with Crippen molar-refractivity contribution in [3.05, 3.63) is 17.9 Å². The first-order valence-electron chi connectivity index (χ1n) is 5.24. The van der Waals surface area contributed by atoms with E-state index < -0.39 is 17.9 Å². The van der Waals surface area contributed by atoms with Crippen LogP contribution in [0.4, 0.5) is 5.88 Å². The minimum absolute atomic E-state index is 0.0286. The zero-order valence-corrected chi connectivity index (χ0v) is 9.58. The SMILES string of the molecule is COC(=O)c1ccc(N2CC(C(=O)O)CC2=O)o1. The van der Waals surface area contributed by atoms with Crippen molar-refractivity contribution in [1.82, 2.24) is 0 Å². The molecule has 7 heteroatoms. The van der Waals surface area contributed by atoms with Gasteiger partial charge in [0.25, 0.3) is 0 Å². The van der Waals surface area contributed by atoms with Crippen LogP contribution in [0.5, 0.6) is 0 Å². The highest BCUT2D eigenvalue weighted by Crippen LogP contribution is 2.27. The molecule has 0 bridgehead atoms. The van der Waals surface area contributed by atoms with E-state index in [0.29, 0.717) is 0 Å².